The fraction of sp³-hybridized carbons (Fsp3) is 0.438. The highest BCUT2D eigenvalue weighted by Crippen LogP contribution is 2.23. The van der Waals surface area contributed by atoms with E-state index in [0.717, 1.165) is 0 Å². The van der Waals surface area contributed by atoms with Crippen LogP contribution in [0.3, 0.4) is 0 Å². The number of amides is 1. The van der Waals surface area contributed by atoms with Crippen molar-refractivity contribution in [3.05, 3.63) is 23.8 Å². The van der Waals surface area contributed by atoms with E-state index in [2.05, 4.69) is 10.1 Å². The molecule has 0 unspecified atom stereocenters. The van der Waals surface area contributed by atoms with Crippen LogP contribution in [0.4, 0.5) is 5.69 Å². The lowest BCUT2D eigenvalue weighted by atomic mass is 10.1. The molecule has 0 saturated carbocycles. The number of ether oxygens (including phenoxy) is 2. The van der Waals surface area contributed by atoms with E-state index in [1.54, 1.807) is 12.1 Å². The number of rotatable bonds is 5. The van der Waals surface area contributed by atoms with Gasteiger partial charge >= 0.3 is 11.9 Å². The van der Waals surface area contributed by atoms with Gasteiger partial charge in [-0.2, -0.15) is 0 Å². The first-order valence-electron chi connectivity index (χ1n) is 6.97. The van der Waals surface area contributed by atoms with Gasteiger partial charge < -0.3 is 19.9 Å². The lowest BCUT2D eigenvalue weighted by Gasteiger charge is -2.09. The average Bonchev–Trinajstić information content (AvgIpc) is 2.44. The standard InChI is InChI=1S/C11H13NO4.C5H10O2/c1-7(13)12-8-4-5-9(11(14)16-3)10(6-8)15-2;1-4(2)3-5(6)7/h4-6H,1-3H3,(H,12,13);4H,3H2,1-2H3,(H,6,7). The molecule has 0 saturated heterocycles. The number of esters is 1. The number of hydrogen-bond donors (Lipinski definition) is 2. The monoisotopic (exact) mass is 325 g/mol. The summed E-state index contributed by atoms with van der Waals surface area (Å²) in [5, 5.41) is 10.7. The summed E-state index contributed by atoms with van der Waals surface area (Å²) in [5.74, 6) is -0.746. The highest BCUT2D eigenvalue weighted by molar-refractivity contribution is 5.94. The summed E-state index contributed by atoms with van der Waals surface area (Å²) < 4.78 is 9.63. The Morgan fingerprint density at radius 3 is 2.17 bits per heavy atom. The Kier molecular flexibility index (Phi) is 9.07. The van der Waals surface area contributed by atoms with E-state index in [-0.39, 0.29) is 18.2 Å². The molecular formula is C16H23NO6. The van der Waals surface area contributed by atoms with Crippen molar-refractivity contribution in [1.29, 1.82) is 0 Å². The topological polar surface area (TPSA) is 102 Å². The first-order valence-corrected chi connectivity index (χ1v) is 6.97. The van der Waals surface area contributed by atoms with Crippen molar-refractivity contribution in [2.45, 2.75) is 27.2 Å². The predicted molar refractivity (Wildman–Crippen MR) is 85.7 cm³/mol. The molecule has 0 aliphatic carbocycles. The molecule has 1 rings (SSSR count). The zero-order valence-corrected chi connectivity index (χ0v) is 14.0. The molecule has 0 heterocycles. The van der Waals surface area contributed by atoms with Crippen LogP contribution in [0.15, 0.2) is 18.2 Å². The summed E-state index contributed by atoms with van der Waals surface area (Å²) in [4.78, 5) is 32.0. The highest BCUT2D eigenvalue weighted by Gasteiger charge is 2.13. The zero-order chi connectivity index (χ0) is 18.0. The molecular weight excluding hydrogens is 302 g/mol. The summed E-state index contributed by atoms with van der Waals surface area (Å²) in [6.07, 6.45) is 0.278. The maximum Gasteiger partial charge on any atom is 0.341 e. The quantitative estimate of drug-likeness (QED) is 0.807. The molecule has 7 nitrogen and oxygen atoms in total. The lowest BCUT2D eigenvalue weighted by Crippen LogP contribution is -2.08. The van der Waals surface area contributed by atoms with Gasteiger partial charge in [-0.3, -0.25) is 9.59 Å². The van der Waals surface area contributed by atoms with Gasteiger partial charge in [0.05, 0.1) is 14.2 Å². The molecule has 7 heteroatoms. The molecule has 0 aliphatic rings. The third kappa shape index (κ3) is 8.45. The van der Waals surface area contributed by atoms with E-state index in [1.165, 1.54) is 27.2 Å². The van der Waals surface area contributed by atoms with Crippen LogP contribution in [0.25, 0.3) is 0 Å². The Hall–Kier alpha value is -2.57. The maximum atomic E-state index is 11.3. The van der Waals surface area contributed by atoms with Crippen LogP contribution in [0.1, 0.15) is 37.6 Å². The average molecular weight is 325 g/mol. The van der Waals surface area contributed by atoms with Crippen molar-refractivity contribution in [1.82, 2.24) is 0 Å². The van der Waals surface area contributed by atoms with E-state index < -0.39 is 11.9 Å². The van der Waals surface area contributed by atoms with E-state index in [4.69, 9.17) is 9.84 Å². The van der Waals surface area contributed by atoms with E-state index in [1.807, 2.05) is 13.8 Å². The molecule has 0 spiro atoms. The van der Waals surface area contributed by atoms with E-state index in [0.29, 0.717) is 17.0 Å². The van der Waals surface area contributed by atoms with Gasteiger partial charge in [0, 0.05) is 25.1 Å². The van der Waals surface area contributed by atoms with Crippen LogP contribution in [-0.2, 0) is 14.3 Å². The van der Waals surface area contributed by atoms with Crippen molar-refractivity contribution in [3.8, 4) is 5.75 Å². The smallest absolute Gasteiger partial charge is 0.341 e. The first kappa shape index (κ1) is 20.4. The van der Waals surface area contributed by atoms with Gasteiger partial charge in [0.15, 0.2) is 0 Å². The molecule has 1 aromatic rings. The molecule has 0 atom stereocenters. The van der Waals surface area contributed by atoms with Crippen LogP contribution in [-0.4, -0.2) is 37.2 Å². The molecule has 23 heavy (non-hydrogen) atoms. The number of hydrogen-bond acceptors (Lipinski definition) is 5. The Balaban J connectivity index is 0.000000585. The second-order valence-corrected chi connectivity index (χ2v) is 5.08. The summed E-state index contributed by atoms with van der Waals surface area (Å²) in [7, 11) is 2.74. The lowest BCUT2D eigenvalue weighted by molar-refractivity contribution is -0.137. The number of carboxylic acid groups (broad SMARTS) is 1. The third-order valence-corrected chi connectivity index (χ3v) is 2.51. The highest BCUT2D eigenvalue weighted by atomic mass is 16.5. The van der Waals surface area contributed by atoms with Crippen molar-refractivity contribution in [2.24, 2.45) is 5.92 Å². The number of aliphatic carboxylic acids is 1. The second-order valence-electron chi connectivity index (χ2n) is 5.08. The summed E-state index contributed by atoms with van der Waals surface area (Å²) in [5.41, 5.74) is 0.885. The minimum Gasteiger partial charge on any atom is -0.496 e. The van der Waals surface area contributed by atoms with Crippen molar-refractivity contribution >= 4 is 23.5 Å². The maximum absolute atomic E-state index is 11.3. The number of anilines is 1. The van der Waals surface area contributed by atoms with Crippen LogP contribution < -0.4 is 10.1 Å². The van der Waals surface area contributed by atoms with Crippen LogP contribution in [0.5, 0.6) is 5.75 Å². The van der Waals surface area contributed by atoms with Gasteiger partial charge in [-0.05, 0) is 18.1 Å². The number of methoxy groups -OCH3 is 2. The molecule has 0 aliphatic heterocycles. The molecule has 0 fully saturated rings. The van der Waals surface area contributed by atoms with Crippen molar-refractivity contribution in [2.75, 3.05) is 19.5 Å². The van der Waals surface area contributed by atoms with Crippen LogP contribution in [0.2, 0.25) is 0 Å². The normalized spacial score (nSPS) is 9.48. The van der Waals surface area contributed by atoms with Gasteiger partial charge in [0.1, 0.15) is 11.3 Å². The Bertz CT molecular complexity index is 554. The molecule has 1 amide bonds. The summed E-state index contributed by atoms with van der Waals surface area (Å²) >= 11 is 0. The molecule has 0 aromatic heterocycles. The van der Waals surface area contributed by atoms with Crippen molar-refractivity contribution in [3.63, 3.8) is 0 Å². The van der Waals surface area contributed by atoms with Gasteiger partial charge in [-0.25, -0.2) is 4.79 Å². The fourth-order valence-corrected chi connectivity index (χ4v) is 1.60. The molecule has 0 bridgehead atoms. The molecule has 2 N–H and O–H groups in total. The van der Waals surface area contributed by atoms with Crippen molar-refractivity contribution < 1.29 is 29.0 Å². The zero-order valence-electron chi connectivity index (χ0n) is 14.0. The van der Waals surface area contributed by atoms with Crippen LogP contribution >= 0.6 is 0 Å². The van der Waals surface area contributed by atoms with E-state index >= 15 is 0 Å². The molecule has 0 radical (unpaired) electrons. The number of benzene rings is 1. The largest absolute Gasteiger partial charge is 0.496 e. The van der Waals surface area contributed by atoms with Gasteiger partial charge in [-0.1, -0.05) is 13.8 Å². The number of carboxylic acids is 1. The number of carbonyl (C=O) groups excluding carboxylic acids is 2. The minimum atomic E-state index is -0.713. The van der Waals surface area contributed by atoms with E-state index in [9.17, 15) is 14.4 Å². The minimum absolute atomic E-state index is 0.187. The fourth-order valence-electron chi connectivity index (χ4n) is 1.60. The third-order valence-electron chi connectivity index (χ3n) is 2.51. The SMILES string of the molecule is CC(C)CC(=O)O.COC(=O)c1ccc(NC(C)=O)cc1OC. The second kappa shape index (κ2) is 10.2. The van der Waals surface area contributed by atoms with Gasteiger partial charge in [-0.15, -0.1) is 0 Å². The number of nitrogens with one attached hydrogen (secondary N) is 1. The van der Waals surface area contributed by atoms with Crippen LogP contribution in [0, 0.1) is 5.92 Å². The van der Waals surface area contributed by atoms with Gasteiger partial charge in [0.25, 0.3) is 0 Å². The first-order chi connectivity index (χ1) is 10.7. The molecule has 128 valence electrons. The predicted octanol–water partition coefficient (Wildman–Crippen LogP) is 2.56. The molecule has 1 aromatic carbocycles. The Morgan fingerprint density at radius 2 is 1.83 bits per heavy atom. The number of carbonyl (C=O) groups is 3. The summed E-state index contributed by atoms with van der Waals surface area (Å²) in [6, 6.07) is 4.71. The Labute approximate surface area is 135 Å². The summed E-state index contributed by atoms with van der Waals surface area (Å²) in [6.45, 7) is 5.17. The Morgan fingerprint density at radius 1 is 1.22 bits per heavy atom. The van der Waals surface area contributed by atoms with Gasteiger partial charge in [0.2, 0.25) is 5.91 Å².